The number of piperidine rings is 1. The van der Waals surface area contributed by atoms with Gasteiger partial charge < -0.3 is 15.1 Å². The standard InChI is InChI=1S/C22H29N5O2S.ClH/c28-30(29)15-13-26(14-16-30)18-7-10-25(11-8-18)19-5-6-22(24-17-19)27-12-9-23-20-3-1-2-4-21(20)27;/h1-6,17-18,23H,7-16H2;1H. The van der Waals surface area contributed by atoms with Crippen molar-refractivity contribution in [1.29, 1.82) is 0 Å². The Kier molecular flexibility index (Phi) is 6.60. The van der Waals surface area contributed by atoms with E-state index in [9.17, 15) is 8.42 Å². The van der Waals surface area contributed by atoms with Gasteiger partial charge in [-0.3, -0.25) is 4.90 Å². The number of nitrogens with one attached hydrogen (secondary N) is 1. The Morgan fingerprint density at radius 1 is 0.935 bits per heavy atom. The number of halogens is 1. The van der Waals surface area contributed by atoms with Crippen LogP contribution in [0.5, 0.6) is 0 Å². The first-order valence-electron chi connectivity index (χ1n) is 10.8. The van der Waals surface area contributed by atoms with Gasteiger partial charge in [-0.25, -0.2) is 13.4 Å². The molecule has 1 N–H and O–H groups in total. The summed E-state index contributed by atoms with van der Waals surface area (Å²) in [4.78, 5) is 11.8. The maximum absolute atomic E-state index is 11.7. The monoisotopic (exact) mass is 463 g/mol. The first-order chi connectivity index (χ1) is 14.6. The number of nitrogens with zero attached hydrogens (tertiary/aromatic N) is 4. The van der Waals surface area contributed by atoms with Gasteiger partial charge in [0.2, 0.25) is 0 Å². The largest absolute Gasteiger partial charge is 0.382 e. The van der Waals surface area contributed by atoms with Crippen LogP contribution in [0.25, 0.3) is 0 Å². The third-order valence-electron chi connectivity index (χ3n) is 6.58. The van der Waals surface area contributed by atoms with Gasteiger partial charge in [0.05, 0.1) is 34.8 Å². The summed E-state index contributed by atoms with van der Waals surface area (Å²) >= 11 is 0. The third kappa shape index (κ3) is 4.76. The van der Waals surface area contributed by atoms with Gasteiger partial charge in [-0.15, -0.1) is 12.4 Å². The number of rotatable bonds is 3. The third-order valence-corrected chi connectivity index (χ3v) is 8.19. The van der Waals surface area contributed by atoms with E-state index in [2.05, 4.69) is 56.4 Å². The quantitative estimate of drug-likeness (QED) is 0.750. The highest BCUT2D eigenvalue weighted by atomic mass is 35.5. The molecule has 0 aliphatic carbocycles. The maximum Gasteiger partial charge on any atom is 0.152 e. The zero-order valence-electron chi connectivity index (χ0n) is 17.6. The molecule has 5 rings (SSSR count). The van der Waals surface area contributed by atoms with Crippen LogP contribution in [0.4, 0.5) is 22.9 Å². The molecule has 31 heavy (non-hydrogen) atoms. The van der Waals surface area contributed by atoms with E-state index in [0.29, 0.717) is 30.6 Å². The zero-order chi connectivity index (χ0) is 20.6. The zero-order valence-corrected chi connectivity index (χ0v) is 19.2. The predicted octanol–water partition coefficient (Wildman–Crippen LogP) is 2.77. The average Bonchev–Trinajstić information content (AvgIpc) is 2.79. The molecule has 0 bridgehead atoms. The van der Waals surface area contributed by atoms with E-state index in [4.69, 9.17) is 4.98 Å². The molecule has 0 radical (unpaired) electrons. The minimum absolute atomic E-state index is 0. The Labute approximate surface area is 190 Å². The van der Waals surface area contributed by atoms with E-state index in [0.717, 1.165) is 50.5 Å². The molecule has 1 aromatic carbocycles. The molecule has 7 nitrogen and oxygen atoms in total. The van der Waals surface area contributed by atoms with Crippen LogP contribution in [0, 0.1) is 0 Å². The number of para-hydroxylation sites is 2. The van der Waals surface area contributed by atoms with Gasteiger partial charge in [-0.1, -0.05) is 12.1 Å². The summed E-state index contributed by atoms with van der Waals surface area (Å²) < 4.78 is 23.4. The molecule has 1 aromatic heterocycles. The molecule has 0 unspecified atom stereocenters. The summed E-state index contributed by atoms with van der Waals surface area (Å²) in [6.45, 7) is 5.17. The van der Waals surface area contributed by atoms with Crippen molar-refractivity contribution >= 4 is 45.1 Å². The molecule has 9 heteroatoms. The molecule has 3 aliphatic rings. The number of hydrogen-bond acceptors (Lipinski definition) is 7. The number of benzene rings is 1. The van der Waals surface area contributed by atoms with Crippen LogP contribution in [-0.2, 0) is 9.84 Å². The fraction of sp³-hybridized carbons (Fsp3) is 0.500. The Bertz CT molecular complexity index is 979. The van der Waals surface area contributed by atoms with Crippen LogP contribution in [0.3, 0.4) is 0 Å². The van der Waals surface area contributed by atoms with Crippen molar-refractivity contribution in [3.63, 3.8) is 0 Å². The van der Waals surface area contributed by atoms with Crippen molar-refractivity contribution in [2.45, 2.75) is 18.9 Å². The molecule has 0 spiro atoms. The predicted molar refractivity (Wildman–Crippen MR) is 129 cm³/mol. The van der Waals surface area contributed by atoms with Crippen molar-refractivity contribution in [3.05, 3.63) is 42.6 Å². The van der Waals surface area contributed by atoms with E-state index in [1.807, 2.05) is 6.20 Å². The first-order valence-corrected chi connectivity index (χ1v) is 12.7. The highest BCUT2D eigenvalue weighted by molar-refractivity contribution is 7.91. The number of pyridine rings is 1. The molecular formula is C22H30ClN5O2S. The second-order valence-corrected chi connectivity index (χ2v) is 10.7. The second-order valence-electron chi connectivity index (χ2n) is 8.38. The second kappa shape index (κ2) is 9.22. The minimum Gasteiger partial charge on any atom is -0.382 e. The lowest BCUT2D eigenvalue weighted by molar-refractivity contribution is 0.182. The molecular weight excluding hydrogens is 434 g/mol. The highest BCUT2D eigenvalue weighted by Crippen LogP contribution is 2.34. The molecule has 0 saturated carbocycles. The summed E-state index contributed by atoms with van der Waals surface area (Å²) in [5, 5.41) is 3.45. The molecule has 2 fully saturated rings. The number of fused-ring (bicyclic) bond motifs is 1. The first kappa shape index (κ1) is 22.2. The molecule has 2 saturated heterocycles. The number of anilines is 4. The summed E-state index contributed by atoms with van der Waals surface area (Å²) in [5.74, 6) is 1.61. The van der Waals surface area contributed by atoms with Crippen molar-refractivity contribution < 1.29 is 8.42 Å². The number of sulfone groups is 1. The van der Waals surface area contributed by atoms with Gasteiger partial charge in [0.25, 0.3) is 0 Å². The molecule has 168 valence electrons. The lowest BCUT2D eigenvalue weighted by Crippen LogP contribution is -2.50. The van der Waals surface area contributed by atoms with Crippen molar-refractivity contribution in [2.75, 3.05) is 65.9 Å². The van der Waals surface area contributed by atoms with Crippen LogP contribution in [0.15, 0.2) is 42.6 Å². The fourth-order valence-corrected chi connectivity index (χ4v) is 6.05. The van der Waals surface area contributed by atoms with Crippen LogP contribution in [-0.4, -0.2) is 75.1 Å². The van der Waals surface area contributed by atoms with Gasteiger partial charge in [0, 0.05) is 45.3 Å². The van der Waals surface area contributed by atoms with Gasteiger partial charge in [0.15, 0.2) is 9.84 Å². The number of aromatic nitrogens is 1. The fourth-order valence-electron chi connectivity index (χ4n) is 4.83. The van der Waals surface area contributed by atoms with Crippen LogP contribution in [0.2, 0.25) is 0 Å². The lowest BCUT2D eigenvalue weighted by atomic mass is 10.0. The van der Waals surface area contributed by atoms with E-state index in [1.54, 1.807) is 0 Å². The molecule has 3 aliphatic heterocycles. The molecule has 2 aromatic rings. The number of hydrogen-bond donors (Lipinski definition) is 1. The van der Waals surface area contributed by atoms with Crippen LogP contribution < -0.4 is 15.1 Å². The van der Waals surface area contributed by atoms with Gasteiger partial charge in [-0.05, 0) is 37.1 Å². The van der Waals surface area contributed by atoms with E-state index >= 15 is 0 Å². The van der Waals surface area contributed by atoms with Gasteiger partial charge in [0.1, 0.15) is 5.82 Å². The van der Waals surface area contributed by atoms with Crippen molar-refractivity contribution in [2.24, 2.45) is 0 Å². The summed E-state index contributed by atoms with van der Waals surface area (Å²) in [5.41, 5.74) is 3.50. The minimum atomic E-state index is -2.81. The highest BCUT2D eigenvalue weighted by Gasteiger charge is 2.30. The maximum atomic E-state index is 11.7. The van der Waals surface area contributed by atoms with Crippen molar-refractivity contribution in [1.82, 2.24) is 9.88 Å². The Morgan fingerprint density at radius 2 is 1.68 bits per heavy atom. The molecule has 4 heterocycles. The van der Waals surface area contributed by atoms with E-state index in [-0.39, 0.29) is 12.4 Å². The summed E-state index contributed by atoms with van der Waals surface area (Å²) in [6, 6.07) is 13.2. The van der Waals surface area contributed by atoms with Crippen LogP contribution >= 0.6 is 12.4 Å². The SMILES string of the molecule is Cl.O=S1(=O)CCN(C2CCN(c3ccc(N4CCNc5ccccc54)nc3)CC2)CC1. The topological polar surface area (TPSA) is 68.8 Å². The Balaban J connectivity index is 0.00000231. The van der Waals surface area contributed by atoms with Gasteiger partial charge >= 0.3 is 0 Å². The smallest absolute Gasteiger partial charge is 0.152 e. The van der Waals surface area contributed by atoms with Crippen molar-refractivity contribution in [3.8, 4) is 0 Å². The molecule has 0 amide bonds. The Hall–Kier alpha value is -2.03. The summed E-state index contributed by atoms with van der Waals surface area (Å²) in [7, 11) is -2.81. The normalized spacial score (nSPS) is 21.7. The van der Waals surface area contributed by atoms with Crippen LogP contribution in [0.1, 0.15) is 12.8 Å². The Morgan fingerprint density at radius 3 is 2.39 bits per heavy atom. The molecule has 0 atom stereocenters. The van der Waals surface area contributed by atoms with E-state index in [1.165, 1.54) is 11.4 Å². The van der Waals surface area contributed by atoms with Gasteiger partial charge in [-0.2, -0.15) is 0 Å². The average molecular weight is 464 g/mol. The summed E-state index contributed by atoms with van der Waals surface area (Å²) in [6.07, 6.45) is 4.15. The lowest BCUT2D eigenvalue weighted by Gasteiger charge is -2.40. The van der Waals surface area contributed by atoms with E-state index < -0.39 is 9.84 Å².